The zero-order chi connectivity index (χ0) is 21.6. The lowest BCUT2D eigenvalue weighted by molar-refractivity contribution is -0.131. The lowest BCUT2D eigenvalue weighted by Crippen LogP contribution is -2.44. The fourth-order valence-corrected chi connectivity index (χ4v) is 3.08. The second-order valence-corrected chi connectivity index (χ2v) is 7.24. The third-order valence-electron chi connectivity index (χ3n) is 4.92. The van der Waals surface area contributed by atoms with E-state index >= 15 is 0 Å². The first-order valence-electron chi connectivity index (χ1n) is 9.53. The van der Waals surface area contributed by atoms with Crippen LogP contribution in [0.4, 0.5) is 4.79 Å². The summed E-state index contributed by atoms with van der Waals surface area (Å²) in [4.78, 5) is 38.0. The van der Waals surface area contributed by atoms with Gasteiger partial charge in [-0.25, -0.2) is 4.79 Å². The van der Waals surface area contributed by atoms with Crippen LogP contribution in [0.2, 0.25) is 0 Å². The second kappa shape index (κ2) is 10.1. The first kappa shape index (κ1) is 22.5. The Balaban J connectivity index is 1.94. The molecule has 2 atom stereocenters. The van der Waals surface area contributed by atoms with Gasteiger partial charge in [0.25, 0.3) is 5.91 Å². The Morgan fingerprint density at radius 3 is 2.52 bits per heavy atom. The number of nitrogens with one attached hydrogen (secondary N) is 2. The molecule has 2 rings (SSSR count). The summed E-state index contributed by atoms with van der Waals surface area (Å²) in [6.45, 7) is 3.74. The first-order valence-corrected chi connectivity index (χ1v) is 9.53. The fourth-order valence-electron chi connectivity index (χ4n) is 3.08. The van der Waals surface area contributed by atoms with E-state index in [1.165, 1.54) is 7.11 Å². The normalized spacial score (nSPS) is 17.3. The number of amides is 4. The number of benzene rings is 1. The summed E-state index contributed by atoms with van der Waals surface area (Å²) in [5.41, 5.74) is 0.882. The Hall–Kier alpha value is -2.81. The Bertz CT molecular complexity index is 752. The molecule has 9 nitrogen and oxygen atoms in total. The Morgan fingerprint density at radius 2 is 1.93 bits per heavy atom. The van der Waals surface area contributed by atoms with Crippen LogP contribution in [0.25, 0.3) is 0 Å². The third-order valence-corrected chi connectivity index (χ3v) is 4.92. The molecule has 3 N–H and O–H groups in total. The summed E-state index contributed by atoms with van der Waals surface area (Å²) >= 11 is 0. The number of aliphatic hydroxyl groups is 1. The Kier molecular flexibility index (Phi) is 7.83. The van der Waals surface area contributed by atoms with E-state index in [0.29, 0.717) is 17.9 Å². The van der Waals surface area contributed by atoms with E-state index in [4.69, 9.17) is 9.47 Å². The van der Waals surface area contributed by atoms with E-state index in [-0.39, 0.29) is 25.5 Å². The van der Waals surface area contributed by atoms with Gasteiger partial charge in [-0.15, -0.1) is 0 Å². The van der Waals surface area contributed by atoms with E-state index in [1.807, 2.05) is 19.9 Å². The van der Waals surface area contributed by atoms with Crippen LogP contribution >= 0.6 is 0 Å². The van der Waals surface area contributed by atoms with Crippen LogP contribution in [-0.4, -0.2) is 67.3 Å². The SMILES string of the molecule is COc1ccc(CCN2C(=O)NC(CC(=O)NC(CO)C(C)C)C2=O)cc1OC. The van der Waals surface area contributed by atoms with Gasteiger partial charge in [-0.3, -0.25) is 14.5 Å². The molecule has 9 heteroatoms. The summed E-state index contributed by atoms with van der Waals surface area (Å²) in [6.07, 6.45) is 0.277. The van der Waals surface area contributed by atoms with Crippen molar-refractivity contribution >= 4 is 17.8 Å². The second-order valence-electron chi connectivity index (χ2n) is 7.24. The predicted molar refractivity (Wildman–Crippen MR) is 106 cm³/mol. The molecule has 1 aliphatic heterocycles. The highest BCUT2D eigenvalue weighted by atomic mass is 16.5. The third kappa shape index (κ3) is 5.60. The monoisotopic (exact) mass is 407 g/mol. The van der Waals surface area contributed by atoms with Gasteiger partial charge >= 0.3 is 6.03 Å². The molecule has 1 aliphatic rings. The number of urea groups is 1. The van der Waals surface area contributed by atoms with Gasteiger partial charge in [-0.05, 0) is 30.0 Å². The maximum atomic E-state index is 12.6. The minimum Gasteiger partial charge on any atom is -0.493 e. The maximum absolute atomic E-state index is 12.6. The molecule has 29 heavy (non-hydrogen) atoms. The largest absolute Gasteiger partial charge is 0.493 e. The molecule has 0 radical (unpaired) electrons. The Labute approximate surface area is 170 Å². The number of hydrogen-bond donors (Lipinski definition) is 3. The maximum Gasteiger partial charge on any atom is 0.324 e. The van der Waals surface area contributed by atoms with Gasteiger partial charge in [0.05, 0.1) is 33.3 Å². The fraction of sp³-hybridized carbons (Fsp3) is 0.550. The molecule has 160 valence electrons. The van der Waals surface area contributed by atoms with E-state index in [9.17, 15) is 19.5 Å². The molecule has 0 saturated carbocycles. The molecule has 1 aromatic carbocycles. The lowest BCUT2D eigenvalue weighted by atomic mass is 10.0. The average molecular weight is 407 g/mol. The molecule has 1 aromatic rings. The number of methoxy groups -OCH3 is 2. The van der Waals surface area contributed by atoms with Gasteiger partial charge < -0.3 is 25.2 Å². The van der Waals surface area contributed by atoms with Gasteiger partial charge in [0.15, 0.2) is 11.5 Å². The molecule has 1 heterocycles. The van der Waals surface area contributed by atoms with Gasteiger partial charge in [0.2, 0.25) is 5.91 Å². The number of hydrogen-bond acceptors (Lipinski definition) is 6. The molecular formula is C20H29N3O6. The number of carbonyl (C=O) groups is 3. The molecule has 1 fully saturated rings. The van der Waals surface area contributed by atoms with E-state index < -0.39 is 29.9 Å². The van der Waals surface area contributed by atoms with Crippen molar-refractivity contribution in [1.29, 1.82) is 0 Å². The molecule has 4 amide bonds. The number of imide groups is 1. The van der Waals surface area contributed by atoms with Crippen LogP contribution < -0.4 is 20.1 Å². The standard InChI is InChI=1S/C20H29N3O6/c1-12(2)15(11-24)21-18(25)10-14-19(26)23(20(27)22-14)8-7-13-5-6-16(28-3)17(9-13)29-4/h5-6,9,12,14-15,24H,7-8,10-11H2,1-4H3,(H,21,25)(H,22,27). The van der Waals surface area contributed by atoms with Crippen LogP contribution in [0.5, 0.6) is 11.5 Å². The van der Waals surface area contributed by atoms with Crippen LogP contribution in [0.3, 0.4) is 0 Å². The summed E-state index contributed by atoms with van der Waals surface area (Å²) in [6, 6.07) is 3.58. The van der Waals surface area contributed by atoms with Crippen molar-refractivity contribution in [2.75, 3.05) is 27.4 Å². The van der Waals surface area contributed by atoms with Crippen LogP contribution in [0, 0.1) is 5.92 Å². The highest BCUT2D eigenvalue weighted by Crippen LogP contribution is 2.27. The minimum absolute atomic E-state index is 0.0517. The number of ether oxygens (including phenoxy) is 2. The van der Waals surface area contributed by atoms with Gasteiger partial charge in [-0.1, -0.05) is 19.9 Å². The van der Waals surface area contributed by atoms with Crippen molar-refractivity contribution in [2.45, 2.75) is 38.8 Å². The molecule has 1 saturated heterocycles. The Morgan fingerprint density at radius 1 is 1.24 bits per heavy atom. The van der Waals surface area contributed by atoms with Crippen LogP contribution in [0.15, 0.2) is 18.2 Å². The van der Waals surface area contributed by atoms with Crippen molar-refractivity contribution in [1.82, 2.24) is 15.5 Å². The number of aliphatic hydroxyl groups excluding tert-OH is 1. The van der Waals surface area contributed by atoms with Crippen LogP contribution in [-0.2, 0) is 16.0 Å². The lowest BCUT2D eigenvalue weighted by Gasteiger charge is -2.20. The molecule has 0 aromatic heterocycles. The van der Waals surface area contributed by atoms with Gasteiger partial charge in [-0.2, -0.15) is 0 Å². The highest BCUT2D eigenvalue weighted by Gasteiger charge is 2.39. The predicted octanol–water partition coefficient (Wildman–Crippen LogP) is 0.690. The molecular weight excluding hydrogens is 378 g/mol. The summed E-state index contributed by atoms with van der Waals surface area (Å²) in [5.74, 6) is 0.393. The number of nitrogens with zero attached hydrogens (tertiary/aromatic N) is 1. The number of carbonyl (C=O) groups excluding carboxylic acids is 3. The van der Waals surface area contributed by atoms with Crippen molar-refractivity contribution in [3.63, 3.8) is 0 Å². The van der Waals surface area contributed by atoms with E-state index in [0.717, 1.165) is 10.5 Å². The zero-order valence-electron chi connectivity index (χ0n) is 17.2. The van der Waals surface area contributed by atoms with Crippen molar-refractivity contribution in [2.24, 2.45) is 5.92 Å². The van der Waals surface area contributed by atoms with Crippen molar-refractivity contribution in [3.05, 3.63) is 23.8 Å². The summed E-state index contributed by atoms with van der Waals surface area (Å²) < 4.78 is 10.5. The quantitative estimate of drug-likeness (QED) is 0.491. The average Bonchev–Trinajstić information content (AvgIpc) is 2.96. The molecule has 0 bridgehead atoms. The van der Waals surface area contributed by atoms with Crippen LogP contribution in [0.1, 0.15) is 25.8 Å². The minimum atomic E-state index is -0.903. The van der Waals surface area contributed by atoms with E-state index in [2.05, 4.69) is 10.6 Å². The van der Waals surface area contributed by atoms with Gasteiger partial charge in [0, 0.05) is 6.54 Å². The van der Waals surface area contributed by atoms with Crippen molar-refractivity contribution < 1.29 is 29.0 Å². The molecule has 0 spiro atoms. The molecule has 2 unspecified atom stereocenters. The molecule has 0 aliphatic carbocycles. The summed E-state index contributed by atoms with van der Waals surface area (Å²) in [5, 5.41) is 14.6. The zero-order valence-corrected chi connectivity index (χ0v) is 17.2. The van der Waals surface area contributed by atoms with Gasteiger partial charge in [0.1, 0.15) is 6.04 Å². The topological polar surface area (TPSA) is 117 Å². The van der Waals surface area contributed by atoms with E-state index in [1.54, 1.807) is 19.2 Å². The smallest absolute Gasteiger partial charge is 0.324 e. The summed E-state index contributed by atoms with van der Waals surface area (Å²) in [7, 11) is 3.08. The first-order chi connectivity index (χ1) is 13.8. The highest BCUT2D eigenvalue weighted by molar-refractivity contribution is 6.05. The van der Waals surface area contributed by atoms with Crippen molar-refractivity contribution in [3.8, 4) is 11.5 Å². The number of rotatable bonds is 10.